The first-order valence-corrected chi connectivity index (χ1v) is 9.31. The fourth-order valence-corrected chi connectivity index (χ4v) is 2.88. The molecule has 2 rings (SSSR count). The minimum atomic E-state index is -0.418. The molecule has 1 aliphatic carbocycles. The normalized spacial score (nSPS) is 12.9. The highest BCUT2D eigenvalue weighted by Crippen LogP contribution is 2.35. The number of aryl methyl sites for hydroxylation is 1. The minimum Gasteiger partial charge on any atom is -0.462 e. The molecule has 136 valence electrons. The molecule has 0 amide bonds. The Morgan fingerprint density at radius 3 is 2.20 bits per heavy atom. The lowest BCUT2D eigenvalue weighted by Gasteiger charge is -2.09. The Kier molecular flexibility index (Phi) is 7.23. The number of rotatable bonds is 9. The fraction of sp³-hybridized carbons (Fsp3) is 0.524. The summed E-state index contributed by atoms with van der Waals surface area (Å²) in [6, 6.07) is 6.00. The molecule has 1 aromatic carbocycles. The molecule has 0 saturated heterocycles. The van der Waals surface area contributed by atoms with Crippen LogP contribution in [0.4, 0.5) is 0 Å². The Balaban J connectivity index is 2.27. The molecule has 0 atom stereocenters. The van der Waals surface area contributed by atoms with Gasteiger partial charge in [0, 0.05) is 6.42 Å². The summed E-state index contributed by atoms with van der Waals surface area (Å²) in [5.41, 5.74) is 3.82. The third-order valence-electron chi connectivity index (χ3n) is 4.43. The summed E-state index contributed by atoms with van der Waals surface area (Å²) in [5.74, 6) is -0.816. The Hall–Kier alpha value is -2.10. The van der Waals surface area contributed by atoms with Gasteiger partial charge in [-0.05, 0) is 36.0 Å². The Labute approximate surface area is 150 Å². The van der Waals surface area contributed by atoms with Crippen LogP contribution in [-0.2, 0) is 31.9 Å². The van der Waals surface area contributed by atoms with Crippen LogP contribution in [0.5, 0.6) is 0 Å². The first-order chi connectivity index (χ1) is 12.1. The Bertz CT molecular complexity index is 658. The monoisotopic (exact) mass is 344 g/mol. The van der Waals surface area contributed by atoms with E-state index in [0.717, 1.165) is 43.2 Å². The molecule has 0 N–H and O–H groups in total. The predicted molar refractivity (Wildman–Crippen MR) is 98.2 cm³/mol. The van der Waals surface area contributed by atoms with Crippen molar-refractivity contribution in [2.75, 3.05) is 13.2 Å². The highest BCUT2D eigenvalue weighted by molar-refractivity contribution is 6.24. The third-order valence-corrected chi connectivity index (χ3v) is 4.43. The quantitative estimate of drug-likeness (QED) is 0.496. The molecule has 4 nitrogen and oxygen atoms in total. The zero-order valence-corrected chi connectivity index (χ0v) is 15.5. The molecule has 0 unspecified atom stereocenters. The van der Waals surface area contributed by atoms with Gasteiger partial charge in [-0.2, -0.15) is 0 Å². The molecule has 4 heteroatoms. The number of unbranched alkanes of at least 4 members (excludes halogenated alkanes) is 2. The number of fused-ring (bicyclic) bond motifs is 1. The Morgan fingerprint density at radius 1 is 0.960 bits per heavy atom. The van der Waals surface area contributed by atoms with Crippen molar-refractivity contribution < 1.29 is 19.1 Å². The van der Waals surface area contributed by atoms with Gasteiger partial charge in [-0.1, -0.05) is 51.8 Å². The van der Waals surface area contributed by atoms with Gasteiger partial charge in [0.15, 0.2) is 0 Å². The van der Waals surface area contributed by atoms with Crippen molar-refractivity contribution in [3.05, 3.63) is 40.5 Å². The van der Waals surface area contributed by atoms with Gasteiger partial charge >= 0.3 is 11.9 Å². The van der Waals surface area contributed by atoms with E-state index in [9.17, 15) is 9.59 Å². The van der Waals surface area contributed by atoms with Gasteiger partial charge in [0.25, 0.3) is 0 Å². The van der Waals surface area contributed by atoms with Crippen molar-refractivity contribution in [1.82, 2.24) is 0 Å². The molecular formula is C21H28O4. The molecule has 0 aliphatic heterocycles. The van der Waals surface area contributed by atoms with Crippen molar-refractivity contribution in [3.8, 4) is 0 Å². The standard InChI is InChI=1S/C21H28O4/c1-4-7-11-24-20(22)18-14-16-13-15(6-3)9-10-17(16)19(18)21(23)25-12-8-5-2/h9-10,13H,4-8,11-12,14H2,1-3H3. The molecular weight excluding hydrogens is 316 g/mol. The van der Waals surface area contributed by atoms with Crippen LogP contribution in [0, 0.1) is 0 Å². The van der Waals surface area contributed by atoms with E-state index in [1.807, 2.05) is 26.0 Å². The topological polar surface area (TPSA) is 52.6 Å². The summed E-state index contributed by atoms with van der Waals surface area (Å²) in [6.07, 6.45) is 4.90. The van der Waals surface area contributed by atoms with E-state index < -0.39 is 11.9 Å². The van der Waals surface area contributed by atoms with Crippen LogP contribution in [-0.4, -0.2) is 25.2 Å². The maximum atomic E-state index is 12.6. The first-order valence-electron chi connectivity index (χ1n) is 9.31. The molecule has 1 aromatic rings. The van der Waals surface area contributed by atoms with E-state index in [-0.39, 0.29) is 0 Å². The summed E-state index contributed by atoms with van der Waals surface area (Å²) in [7, 11) is 0. The van der Waals surface area contributed by atoms with E-state index in [4.69, 9.17) is 9.47 Å². The van der Waals surface area contributed by atoms with E-state index in [1.165, 1.54) is 5.56 Å². The van der Waals surface area contributed by atoms with Crippen molar-refractivity contribution in [1.29, 1.82) is 0 Å². The molecule has 0 spiro atoms. The highest BCUT2D eigenvalue weighted by atomic mass is 16.5. The first kappa shape index (κ1) is 19.2. The van der Waals surface area contributed by atoms with Gasteiger partial charge < -0.3 is 9.47 Å². The fourth-order valence-electron chi connectivity index (χ4n) is 2.88. The van der Waals surface area contributed by atoms with E-state index >= 15 is 0 Å². The second kappa shape index (κ2) is 9.40. The number of carbonyl (C=O) groups is 2. The van der Waals surface area contributed by atoms with Crippen LogP contribution in [0.1, 0.15) is 63.1 Å². The number of hydrogen-bond donors (Lipinski definition) is 0. The number of esters is 2. The summed E-state index contributed by atoms with van der Waals surface area (Å²) in [5, 5.41) is 0. The zero-order valence-electron chi connectivity index (χ0n) is 15.5. The summed E-state index contributed by atoms with van der Waals surface area (Å²) in [4.78, 5) is 25.1. The van der Waals surface area contributed by atoms with Gasteiger partial charge in [0.2, 0.25) is 0 Å². The van der Waals surface area contributed by atoms with Crippen molar-refractivity contribution in [2.45, 2.75) is 59.3 Å². The second-order valence-electron chi connectivity index (χ2n) is 6.35. The van der Waals surface area contributed by atoms with Gasteiger partial charge in [-0.25, -0.2) is 9.59 Å². The van der Waals surface area contributed by atoms with Crippen LogP contribution in [0.15, 0.2) is 23.8 Å². The average molecular weight is 344 g/mol. The van der Waals surface area contributed by atoms with E-state index in [2.05, 4.69) is 13.0 Å². The summed E-state index contributed by atoms with van der Waals surface area (Å²) in [6.45, 7) is 6.93. The molecule has 0 radical (unpaired) electrons. The average Bonchev–Trinajstić information content (AvgIpc) is 3.00. The van der Waals surface area contributed by atoms with Crippen molar-refractivity contribution in [2.24, 2.45) is 0 Å². The number of ether oxygens (including phenoxy) is 2. The lowest BCUT2D eigenvalue weighted by Crippen LogP contribution is -2.14. The molecule has 1 aliphatic rings. The summed E-state index contributed by atoms with van der Waals surface area (Å²) < 4.78 is 10.7. The van der Waals surface area contributed by atoms with Crippen molar-refractivity contribution >= 4 is 17.5 Å². The molecule has 0 aromatic heterocycles. The Morgan fingerprint density at radius 2 is 1.60 bits per heavy atom. The van der Waals surface area contributed by atoms with Gasteiger partial charge in [-0.3, -0.25) is 0 Å². The van der Waals surface area contributed by atoms with Crippen LogP contribution in [0.3, 0.4) is 0 Å². The maximum absolute atomic E-state index is 12.6. The van der Waals surface area contributed by atoms with Crippen LogP contribution in [0.2, 0.25) is 0 Å². The van der Waals surface area contributed by atoms with Crippen molar-refractivity contribution in [3.63, 3.8) is 0 Å². The SMILES string of the molecule is CCCCOC(=O)C1=C(C(=O)OCCCC)c2ccc(CC)cc2C1. The van der Waals surface area contributed by atoms with Gasteiger partial charge in [0.1, 0.15) is 0 Å². The zero-order chi connectivity index (χ0) is 18.2. The van der Waals surface area contributed by atoms with E-state index in [1.54, 1.807) is 0 Å². The molecule has 0 heterocycles. The molecule has 25 heavy (non-hydrogen) atoms. The van der Waals surface area contributed by atoms with Gasteiger partial charge in [0.05, 0.1) is 24.4 Å². The second-order valence-corrected chi connectivity index (χ2v) is 6.35. The van der Waals surface area contributed by atoms with E-state index in [0.29, 0.717) is 30.8 Å². The lowest BCUT2D eigenvalue weighted by molar-refractivity contribution is -0.140. The smallest absolute Gasteiger partial charge is 0.339 e. The van der Waals surface area contributed by atoms with Crippen LogP contribution >= 0.6 is 0 Å². The third kappa shape index (κ3) is 4.71. The number of carbonyl (C=O) groups excluding carboxylic acids is 2. The molecule has 0 fully saturated rings. The maximum Gasteiger partial charge on any atom is 0.339 e. The highest BCUT2D eigenvalue weighted by Gasteiger charge is 2.32. The van der Waals surface area contributed by atoms with Gasteiger partial charge in [-0.15, -0.1) is 0 Å². The molecule has 0 bridgehead atoms. The summed E-state index contributed by atoms with van der Waals surface area (Å²) >= 11 is 0. The lowest BCUT2D eigenvalue weighted by atomic mass is 10.0. The minimum absolute atomic E-state index is 0.374. The largest absolute Gasteiger partial charge is 0.462 e. The predicted octanol–water partition coefficient (Wildman–Crippen LogP) is 4.25. The van der Waals surface area contributed by atoms with Crippen LogP contribution < -0.4 is 0 Å². The van der Waals surface area contributed by atoms with Crippen LogP contribution in [0.25, 0.3) is 5.57 Å². The molecule has 0 saturated carbocycles. The number of benzene rings is 1. The number of hydrogen-bond acceptors (Lipinski definition) is 4.